The molecule has 336 valence electrons. The van der Waals surface area contributed by atoms with Crippen molar-refractivity contribution >= 4 is 41.8 Å². The van der Waals surface area contributed by atoms with Crippen LogP contribution in [0.3, 0.4) is 0 Å². The van der Waals surface area contributed by atoms with Crippen molar-refractivity contribution in [1.29, 1.82) is 0 Å². The van der Waals surface area contributed by atoms with Crippen molar-refractivity contribution in [2.75, 3.05) is 13.2 Å². The lowest BCUT2D eigenvalue weighted by Crippen LogP contribution is -2.65. The molecule has 6 rings (SSSR count). The maximum atomic E-state index is 14.0. The van der Waals surface area contributed by atoms with E-state index in [1.165, 1.54) is 48.5 Å². The lowest BCUT2D eigenvalue weighted by Gasteiger charge is -2.46. The highest BCUT2D eigenvalue weighted by molar-refractivity contribution is 5.91. The first-order valence-corrected chi connectivity index (χ1v) is 19.9. The van der Waals surface area contributed by atoms with Crippen LogP contribution < -0.4 is 0 Å². The van der Waals surface area contributed by atoms with Crippen LogP contribution in [-0.4, -0.2) is 122 Å². The SMILES string of the molecule is CC(=O)OC1[C@H](O)OC(CO[C@@H]2OC(COC(=O)c3ccccc3)[C@H](OC(=O)c3ccccc3)[C@H](OC(=O)c3ccccc3)C2OC(=O)c2ccccc2)[C@H](OC(C)=O)[C@@H]1OC(C)=O. The van der Waals surface area contributed by atoms with Crippen molar-refractivity contribution in [3.05, 3.63) is 144 Å². The third-order valence-electron chi connectivity index (χ3n) is 9.68. The van der Waals surface area contributed by atoms with Gasteiger partial charge in [-0.1, -0.05) is 72.8 Å². The van der Waals surface area contributed by atoms with Gasteiger partial charge in [0.25, 0.3) is 0 Å². The van der Waals surface area contributed by atoms with Gasteiger partial charge in [-0.3, -0.25) is 14.4 Å². The zero-order valence-corrected chi connectivity index (χ0v) is 34.6. The van der Waals surface area contributed by atoms with E-state index in [1.807, 2.05) is 0 Å². The molecule has 2 saturated heterocycles. The number of ether oxygens (including phenoxy) is 10. The fourth-order valence-electron chi connectivity index (χ4n) is 6.86. The largest absolute Gasteiger partial charge is 0.459 e. The Balaban J connectivity index is 1.42. The second-order valence-electron chi connectivity index (χ2n) is 14.3. The van der Waals surface area contributed by atoms with Crippen LogP contribution >= 0.6 is 0 Å². The molecule has 0 spiro atoms. The van der Waals surface area contributed by atoms with E-state index in [0.717, 1.165) is 20.8 Å². The Kier molecular flexibility index (Phi) is 15.9. The van der Waals surface area contributed by atoms with Crippen LogP contribution in [0.15, 0.2) is 121 Å². The predicted molar refractivity (Wildman–Crippen MR) is 216 cm³/mol. The van der Waals surface area contributed by atoms with Gasteiger partial charge in [-0.25, -0.2) is 19.2 Å². The molecule has 0 amide bonds. The lowest BCUT2D eigenvalue weighted by atomic mass is 9.97. The maximum absolute atomic E-state index is 14.0. The van der Waals surface area contributed by atoms with Crippen molar-refractivity contribution in [1.82, 2.24) is 0 Å². The normalized spacial score (nSPS) is 25.1. The molecule has 4 aromatic rings. The van der Waals surface area contributed by atoms with Crippen molar-refractivity contribution in [2.24, 2.45) is 0 Å². The second kappa shape index (κ2) is 21.9. The Morgan fingerprint density at radius 3 is 1.22 bits per heavy atom. The van der Waals surface area contributed by atoms with Gasteiger partial charge in [-0.05, 0) is 48.5 Å². The van der Waals surface area contributed by atoms with E-state index in [4.69, 9.17) is 47.4 Å². The summed E-state index contributed by atoms with van der Waals surface area (Å²) in [4.78, 5) is 91.7. The Bertz CT molecular complexity index is 2240. The van der Waals surface area contributed by atoms with Crippen molar-refractivity contribution in [2.45, 2.75) is 82.2 Å². The van der Waals surface area contributed by atoms with Gasteiger partial charge in [0.2, 0.25) is 0 Å². The zero-order valence-electron chi connectivity index (χ0n) is 34.6. The van der Waals surface area contributed by atoms with Crippen molar-refractivity contribution in [3.63, 3.8) is 0 Å². The van der Waals surface area contributed by atoms with Crippen LogP contribution in [0.1, 0.15) is 62.2 Å². The highest BCUT2D eigenvalue weighted by Gasteiger charge is 2.56. The van der Waals surface area contributed by atoms with Gasteiger partial charge >= 0.3 is 41.8 Å². The van der Waals surface area contributed by atoms with E-state index in [-0.39, 0.29) is 22.3 Å². The summed E-state index contributed by atoms with van der Waals surface area (Å²) in [6.45, 7) is 1.72. The fourth-order valence-corrected chi connectivity index (χ4v) is 6.86. The Morgan fingerprint density at radius 2 is 0.766 bits per heavy atom. The molecule has 18 nitrogen and oxygen atoms in total. The summed E-state index contributed by atoms with van der Waals surface area (Å²) in [6, 6.07) is 31.1. The second-order valence-corrected chi connectivity index (χ2v) is 14.3. The molecule has 0 bridgehead atoms. The molecule has 2 aliphatic rings. The highest BCUT2D eigenvalue weighted by Crippen LogP contribution is 2.34. The summed E-state index contributed by atoms with van der Waals surface area (Å²) in [5, 5.41) is 11.0. The average molecular weight is 885 g/mol. The Labute approximate surface area is 366 Å². The number of carbonyl (C=O) groups excluding carboxylic acids is 7. The first-order valence-electron chi connectivity index (χ1n) is 19.9. The van der Waals surface area contributed by atoms with Gasteiger partial charge < -0.3 is 52.5 Å². The van der Waals surface area contributed by atoms with Crippen LogP contribution in [-0.2, 0) is 61.8 Å². The van der Waals surface area contributed by atoms with Gasteiger partial charge in [-0.2, -0.15) is 0 Å². The number of aliphatic hydroxyl groups is 1. The molecule has 64 heavy (non-hydrogen) atoms. The van der Waals surface area contributed by atoms with E-state index < -0.39 is 116 Å². The van der Waals surface area contributed by atoms with Gasteiger partial charge in [0.15, 0.2) is 49.2 Å². The molecule has 2 fully saturated rings. The van der Waals surface area contributed by atoms with Crippen LogP contribution in [0, 0.1) is 0 Å². The summed E-state index contributed by atoms with van der Waals surface area (Å²) in [6.07, 6.45) is -17.0. The summed E-state index contributed by atoms with van der Waals surface area (Å²) >= 11 is 0. The van der Waals surface area contributed by atoms with Crippen LogP contribution in [0.4, 0.5) is 0 Å². The number of esters is 7. The van der Waals surface area contributed by atoms with Crippen LogP contribution in [0.2, 0.25) is 0 Å². The van der Waals surface area contributed by atoms with Gasteiger partial charge in [0.05, 0.1) is 28.9 Å². The third kappa shape index (κ3) is 12.1. The third-order valence-corrected chi connectivity index (χ3v) is 9.68. The summed E-state index contributed by atoms with van der Waals surface area (Å²) in [7, 11) is 0. The number of hydrogen-bond acceptors (Lipinski definition) is 18. The number of carbonyl (C=O) groups is 7. The smallest absolute Gasteiger partial charge is 0.338 e. The van der Waals surface area contributed by atoms with Gasteiger partial charge in [0.1, 0.15) is 18.8 Å². The molecular weight excluding hydrogens is 840 g/mol. The summed E-state index contributed by atoms with van der Waals surface area (Å²) < 4.78 is 58.2. The minimum atomic E-state index is -1.97. The molecule has 18 heteroatoms. The van der Waals surface area contributed by atoms with Crippen molar-refractivity contribution in [3.8, 4) is 0 Å². The van der Waals surface area contributed by atoms with Gasteiger partial charge in [0, 0.05) is 20.8 Å². The number of aliphatic hydroxyl groups excluding tert-OH is 1. The van der Waals surface area contributed by atoms with E-state index in [1.54, 1.807) is 72.8 Å². The Morgan fingerprint density at radius 1 is 0.422 bits per heavy atom. The Hall–Kier alpha value is -6.99. The minimum absolute atomic E-state index is 0.0422. The van der Waals surface area contributed by atoms with Crippen LogP contribution in [0.5, 0.6) is 0 Å². The minimum Gasteiger partial charge on any atom is -0.459 e. The molecular formula is C46H44O18. The molecule has 2 aliphatic heterocycles. The number of hydrogen-bond donors (Lipinski definition) is 1. The van der Waals surface area contributed by atoms with E-state index >= 15 is 0 Å². The maximum Gasteiger partial charge on any atom is 0.338 e. The molecule has 4 unspecified atom stereocenters. The standard InChI is InChI=1S/C46H44O18/c1-26(47)57-35-33(60-45(54)39(59-28(3)49)37(35)58-27(2)48)25-56-46-40(64-44(53)32-22-14-7-15-23-32)38(63-43(52)31-20-12-6-13-21-31)36(62-42(51)30-18-10-5-11-19-30)34(61-46)24-55-41(50)29-16-8-4-9-17-29/h4-23,33-40,45-46,54H,24-25H2,1-3H3/t33?,34?,35-,36-,37-,38-,39?,40?,45+,46+/m0/s1. The molecule has 0 saturated carbocycles. The lowest BCUT2D eigenvalue weighted by molar-refractivity contribution is -0.326. The van der Waals surface area contributed by atoms with Gasteiger partial charge in [-0.15, -0.1) is 0 Å². The highest BCUT2D eigenvalue weighted by atomic mass is 16.7. The fraction of sp³-hybridized carbons (Fsp3) is 0.326. The van der Waals surface area contributed by atoms with Crippen LogP contribution in [0.25, 0.3) is 0 Å². The molecule has 0 radical (unpaired) electrons. The quantitative estimate of drug-likeness (QED) is 0.132. The topological polar surface area (TPSA) is 232 Å². The number of benzene rings is 4. The monoisotopic (exact) mass is 884 g/mol. The van der Waals surface area contributed by atoms with E-state index in [0.29, 0.717) is 0 Å². The molecule has 0 aromatic heterocycles. The molecule has 10 atom stereocenters. The number of rotatable bonds is 15. The first kappa shape index (κ1) is 46.5. The summed E-state index contributed by atoms with van der Waals surface area (Å²) in [5.41, 5.74) is 0.323. The first-order chi connectivity index (χ1) is 30.8. The van der Waals surface area contributed by atoms with E-state index in [2.05, 4.69) is 0 Å². The molecule has 4 aromatic carbocycles. The van der Waals surface area contributed by atoms with Crippen molar-refractivity contribution < 1.29 is 86.0 Å². The zero-order chi connectivity index (χ0) is 45.8. The molecule has 2 heterocycles. The van der Waals surface area contributed by atoms with E-state index in [9.17, 15) is 38.7 Å². The molecule has 1 N–H and O–H groups in total. The molecule has 0 aliphatic carbocycles. The predicted octanol–water partition coefficient (Wildman–Crippen LogP) is 3.77. The summed E-state index contributed by atoms with van der Waals surface area (Å²) in [5.74, 6) is -6.34. The average Bonchev–Trinajstić information content (AvgIpc) is 3.29.